The van der Waals surface area contributed by atoms with Crippen molar-refractivity contribution in [1.82, 2.24) is 14.8 Å². The molecule has 30 heavy (non-hydrogen) atoms. The molecule has 0 N–H and O–H groups in total. The zero-order valence-corrected chi connectivity index (χ0v) is 16.9. The van der Waals surface area contributed by atoms with Gasteiger partial charge in [0, 0.05) is 10.6 Å². The van der Waals surface area contributed by atoms with Crippen molar-refractivity contribution in [1.29, 1.82) is 0 Å². The topological polar surface area (TPSA) is 39.9 Å². The molecule has 4 nitrogen and oxygen atoms in total. The minimum atomic E-state index is -4.56. The SMILES string of the molecule is COc1ccccc1-c1cc(C(F)(F)F)c2c(C)nn(Cc3ccc(Cl)cc3)c2n1. The Kier molecular flexibility index (Phi) is 5.15. The van der Waals surface area contributed by atoms with Crippen LogP contribution < -0.4 is 4.74 Å². The summed E-state index contributed by atoms with van der Waals surface area (Å²) >= 11 is 5.93. The maximum atomic E-state index is 13.9. The fourth-order valence-electron chi connectivity index (χ4n) is 3.44. The van der Waals surface area contributed by atoms with E-state index in [-0.39, 0.29) is 29.0 Å². The first-order valence-electron chi connectivity index (χ1n) is 9.11. The molecule has 0 aliphatic rings. The molecule has 0 amide bonds. The number of methoxy groups -OCH3 is 1. The molecule has 0 aliphatic carbocycles. The van der Waals surface area contributed by atoms with Crippen LogP contribution in [0.15, 0.2) is 54.6 Å². The van der Waals surface area contributed by atoms with Gasteiger partial charge in [0.25, 0.3) is 0 Å². The Balaban J connectivity index is 1.96. The maximum absolute atomic E-state index is 13.9. The van der Waals surface area contributed by atoms with E-state index in [9.17, 15) is 13.2 Å². The first-order valence-corrected chi connectivity index (χ1v) is 9.49. The number of fused-ring (bicyclic) bond motifs is 1. The van der Waals surface area contributed by atoms with Crippen molar-refractivity contribution in [3.05, 3.63) is 76.4 Å². The molecule has 0 bridgehead atoms. The smallest absolute Gasteiger partial charge is 0.417 e. The number of hydrogen-bond donors (Lipinski definition) is 0. The zero-order chi connectivity index (χ0) is 21.5. The van der Waals surface area contributed by atoms with Gasteiger partial charge < -0.3 is 4.74 Å². The number of ether oxygens (including phenoxy) is 1. The van der Waals surface area contributed by atoms with Gasteiger partial charge in [-0.25, -0.2) is 9.67 Å². The molecule has 0 atom stereocenters. The van der Waals surface area contributed by atoms with E-state index in [0.717, 1.165) is 11.6 Å². The number of alkyl halides is 3. The molecule has 0 unspecified atom stereocenters. The second-order valence-corrected chi connectivity index (χ2v) is 7.26. The van der Waals surface area contributed by atoms with Crippen LogP contribution in [0.4, 0.5) is 13.2 Å². The number of halogens is 4. The van der Waals surface area contributed by atoms with Crippen molar-refractivity contribution in [3.63, 3.8) is 0 Å². The second kappa shape index (κ2) is 7.65. The molecule has 4 rings (SSSR count). The van der Waals surface area contributed by atoms with E-state index in [1.807, 2.05) is 0 Å². The Morgan fingerprint density at radius 1 is 1.07 bits per heavy atom. The number of aromatic nitrogens is 3. The quantitative estimate of drug-likeness (QED) is 0.390. The first kappa shape index (κ1) is 20.2. The standard InChI is InChI=1S/C22H17ClF3N3O/c1-13-20-17(22(24,25)26)11-18(16-5-3-4-6-19(16)30-2)27-21(20)29(28-13)12-14-7-9-15(23)10-8-14/h3-11H,12H2,1-2H3. The number of nitrogens with zero attached hydrogens (tertiary/aromatic N) is 3. The van der Waals surface area contributed by atoms with Crippen LogP contribution in [-0.2, 0) is 12.7 Å². The highest BCUT2D eigenvalue weighted by Gasteiger charge is 2.36. The summed E-state index contributed by atoms with van der Waals surface area (Å²) in [6, 6.07) is 15.0. The molecule has 0 saturated heterocycles. The van der Waals surface area contributed by atoms with E-state index in [0.29, 0.717) is 16.3 Å². The third-order valence-electron chi connectivity index (χ3n) is 4.81. The molecule has 0 spiro atoms. The lowest BCUT2D eigenvalue weighted by Crippen LogP contribution is -2.09. The van der Waals surface area contributed by atoms with Crippen LogP contribution in [0.5, 0.6) is 5.75 Å². The number of rotatable bonds is 4. The monoisotopic (exact) mass is 431 g/mol. The van der Waals surface area contributed by atoms with Crippen molar-refractivity contribution < 1.29 is 17.9 Å². The third-order valence-corrected chi connectivity index (χ3v) is 5.06. The highest BCUT2D eigenvalue weighted by atomic mass is 35.5. The Morgan fingerprint density at radius 2 is 1.77 bits per heavy atom. The van der Waals surface area contributed by atoms with Gasteiger partial charge in [-0.1, -0.05) is 35.9 Å². The van der Waals surface area contributed by atoms with E-state index in [4.69, 9.17) is 16.3 Å². The molecule has 0 aliphatic heterocycles. The van der Waals surface area contributed by atoms with Gasteiger partial charge in [0.2, 0.25) is 0 Å². The van der Waals surface area contributed by atoms with E-state index >= 15 is 0 Å². The Bertz CT molecular complexity index is 1220. The summed E-state index contributed by atoms with van der Waals surface area (Å²) in [6.07, 6.45) is -4.56. The average Bonchev–Trinajstić information content (AvgIpc) is 3.03. The molecule has 4 aromatic rings. The summed E-state index contributed by atoms with van der Waals surface area (Å²) in [7, 11) is 1.47. The molecule has 0 radical (unpaired) electrons. The minimum absolute atomic E-state index is 0.00453. The first-order chi connectivity index (χ1) is 14.3. The molecular formula is C22H17ClF3N3O. The highest BCUT2D eigenvalue weighted by Crippen LogP contribution is 2.39. The lowest BCUT2D eigenvalue weighted by Gasteiger charge is -2.13. The third kappa shape index (κ3) is 3.73. The summed E-state index contributed by atoms with van der Waals surface area (Å²) in [6.45, 7) is 1.82. The van der Waals surface area contributed by atoms with Gasteiger partial charge in [-0.2, -0.15) is 18.3 Å². The van der Waals surface area contributed by atoms with Crippen molar-refractivity contribution in [3.8, 4) is 17.0 Å². The molecular weight excluding hydrogens is 415 g/mol. The number of aryl methyl sites for hydroxylation is 1. The van der Waals surface area contributed by atoms with E-state index in [1.165, 1.54) is 11.8 Å². The van der Waals surface area contributed by atoms with Crippen molar-refractivity contribution in [2.24, 2.45) is 0 Å². The predicted octanol–water partition coefficient (Wildman–Crippen LogP) is 6.14. The normalized spacial score (nSPS) is 11.8. The Hall–Kier alpha value is -3.06. The minimum Gasteiger partial charge on any atom is -0.496 e. The van der Waals surface area contributed by atoms with E-state index in [2.05, 4.69) is 10.1 Å². The predicted molar refractivity (Wildman–Crippen MR) is 110 cm³/mol. The van der Waals surface area contributed by atoms with Crippen LogP contribution >= 0.6 is 11.6 Å². The molecule has 8 heteroatoms. The largest absolute Gasteiger partial charge is 0.496 e. The van der Waals surface area contributed by atoms with Crippen LogP contribution in [0, 0.1) is 6.92 Å². The maximum Gasteiger partial charge on any atom is 0.417 e. The summed E-state index contributed by atoms with van der Waals surface area (Å²) in [5.74, 6) is 0.443. The van der Waals surface area contributed by atoms with Gasteiger partial charge in [0.05, 0.1) is 36.0 Å². The average molecular weight is 432 g/mol. The number of para-hydroxylation sites is 1. The molecule has 154 valence electrons. The van der Waals surface area contributed by atoms with Gasteiger partial charge in [0.1, 0.15) is 5.75 Å². The van der Waals surface area contributed by atoms with Crippen LogP contribution in [0.25, 0.3) is 22.3 Å². The molecule has 2 aromatic carbocycles. The van der Waals surface area contributed by atoms with Gasteiger partial charge in [-0.15, -0.1) is 0 Å². The molecule has 0 saturated carbocycles. The second-order valence-electron chi connectivity index (χ2n) is 6.82. The van der Waals surface area contributed by atoms with E-state index < -0.39 is 11.7 Å². The van der Waals surface area contributed by atoms with E-state index in [1.54, 1.807) is 55.5 Å². The number of benzene rings is 2. The van der Waals surface area contributed by atoms with Crippen LogP contribution in [0.2, 0.25) is 5.02 Å². The molecule has 0 fully saturated rings. The van der Waals surface area contributed by atoms with Gasteiger partial charge in [-0.05, 0) is 42.8 Å². The summed E-state index contributed by atoms with van der Waals surface area (Å²) in [5.41, 5.74) is 1.16. The highest BCUT2D eigenvalue weighted by molar-refractivity contribution is 6.30. The van der Waals surface area contributed by atoms with Crippen molar-refractivity contribution in [2.45, 2.75) is 19.6 Å². The Labute approximate surface area is 175 Å². The molecule has 2 heterocycles. The zero-order valence-electron chi connectivity index (χ0n) is 16.2. The number of pyridine rings is 1. The van der Waals surface area contributed by atoms with Crippen molar-refractivity contribution in [2.75, 3.05) is 7.11 Å². The molecule has 2 aromatic heterocycles. The summed E-state index contributed by atoms with van der Waals surface area (Å²) < 4.78 is 48.6. The fraction of sp³-hybridized carbons (Fsp3) is 0.182. The summed E-state index contributed by atoms with van der Waals surface area (Å²) in [4.78, 5) is 4.56. The van der Waals surface area contributed by atoms with Crippen LogP contribution in [0.1, 0.15) is 16.8 Å². The van der Waals surface area contributed by atoms with Gasteiger partial charge >= 0.3 is 6.18 Å². The lowest BCUT2D eigenvalue weighted by molar-refractivity contribution is -0.136. The van der Waals surface area contributed by atoms with Crippen molar-refractivity contribution >= 4 is 22.6 Å². The summed E-state index contributed by atoms with van der Waals surface area (Å²) in [5, 5.41) is 4.92. The Morgan fingerprint density at radius 3 is 2.43 bits per heavy atom. The fourth-order valence-corrected chi connectivity index (χ4v) is 3.57. The number of hydrogen-bond acceptors (Lipinski definition) is 3. The lowest BCUT2D eigenvalue weighted by atomic mass is 10.0. The van der Waals surface area contributed by atoms with Crippen LogP contribution in [-0.4, -0.2) is 21.9 Å². The van der Waals surface area contributed by atoms with Gasteiger partial charge in [0.15, 0.2) is 5.65 Å². The van der Waals surface area contributed by atoms with Crippen LogP contribution in [0.3, 0.4) is 0 Å². The van der Waals surface area contributed by atoms with Gasteiger partial charge in [-0.3, -0.25) is 0 Å².